The number of hydrogen-bond acceptors (Lipinski definition) is 6. The number of unbranched alkanes of at least 4 members (excludes halogenated alkanes) is 43. The quantitative estimate of drug-likeness (QED) is 0.0261. The lowest BCUT2D eigenvalue weighted by molar-refractivity contribution is -0.167. The smallest absolute Gasteiger partial charge is 0.306 e. The summed E-state index contributed by atoms with van der Waals surface area (Å²) in [6.07, 6.45) is 86.7. The van der Waals surface area contributed by atoms with E-state index in [1.807, 2.05) is 0 Å². The van der Waals surface area contributed by atoms with Crippen LogP contribution in [0.5, 0.6) is 0 Å². The van der Waals surface area contributed by atoms with Crippen molar-refractivity contribution in [1.82, 2.24) is 0 Å². The Hall–Kier alpha value is -2.89. The Labute approximate surface area is 491 Å². The third-order valence-corrected chi connectivity index (χ3v) is 15.5. The first-order chi connectivity index (χ1) is 39.0. The molecule has 6 heteroatoms. The number of ether oxygens (including phenoxy) is 3. The second-order valence-electron chi connectivity index (χ2n) is 23.4. The van der Waals surface area contributed by atoms with E-state index in [0.717, 1.165) is 83.5 Å². The molecule has 0 heterocycles. The summed E-state index contributed by atoms with van der Waals surface area (Å²) in [4.78, 5) is 38.4. The van der Waals surface area contributed by atoms with Crippen LogP contribution in [0.1, 0.15) is 367 Å². The normalized spacial score (nSPS) is 12.4. The highest BCUT2D eigenvalue weighted by atomic mass is 16.6. The lowest BCUT2D eigenvalue weighted by Gasteiger charge is -2.18. The van der Waals surface area contributed by atoms with Gasteiger partial charge in [0.1, 0.15) is 13.2 Å². The van der Waals surface area contributed by atoms with Crippen LogP contribution in [0, 0.1) is 0 Å². The van der Waals surface area contributed by atoms with Crippen molar-refractivity contribution < 1.29 is 28.6 Å². The standard InChI is InChI=1S/C73H132O6/c1-4-7-10-13-16-19-22-25-28-30-32-34-35-36-37-39-40-42-45-48-51-54-57-60-63-66-72(75)78-69-70(68-77-71(74)65-62-59-56-53-50-47-44-27-24-21-18-15-12-9-6-3)79-73(76)67-64-61-58-55-52-49-46-43-41-38-33-31-29-26-23-20-17-14-11-8-5-2/h18,21-22,25,27,30-33,44,70H,4-17,19-20,23-24,26,28-29,34-43,45-69H2,1-3H3/b21-18-,25-22-,32-30-,33-31-,44-27-. The molecule has 0 spiro atoms. The Bertz CT molecular complexity index is 1410. The molecule has 6 nitrogen and oxygen atoms in total. The van der Waals surface area contributed by atoms with E-state index >= 15 is 0 Å². The lowest BCUT2D eigenvalue weighted by Crippen LogP contribution is -2.30. The van der Waals surface area contributed by atoms with Crippen LogP contribution in [0.25, 0.3) is 0 Å². The predicted octanol–water partition coefficient (Wildman–Crippen LogP) is 23.9. The molecule has 460 valence electrons. The number of carbonyl (C=O) groups excluding carboxylic acids is 3. The zero-order chi connectivity index (χ0) is 57.1. The van der Waals surface area contributed by atoms with Gasteiger partial charge in [-0.25, -0.2) is 0 Å². The Kier molecular flexibility index (Phi) is 65.1. The van der Waals surface area contributed by atoms with Gasteiger partial charge in [0.25, 0.3) is 0 Å². The maximum absolute atomic E-state index is 12.9. The molecule has 1 unspecified atom stereocenters. The zero-order valence-corrected chi connectivity index (χ0v) is 52.9. The van der Waals surface area contributed by atoms with E-state index in [2.05, 4.69) is 81.5 Å². The minimum absolute atomic E-state index is 0.0774. The Morgan fingerprint density at radius 1 is 0.253 bits per heavy atom. The van der Waals surface area contributed by atoms with Crippen LogP contribution >= 0.6 is 0 Å². The zero-order valence-electron chi connectivity index (χ0n) is 52.9. The number of allylic oxidation sites excluding steroid dienone is 10. The summed E-state index contributed by atoms with van der Waals surface area (Å²) in [7, 11) is 0. The fourth-order valence-electron chi connectivity index (χ4n) is 10.2. The highest BCUT2D eigenvalue weighted by Gasteiger charge is 2.19. The minimum Gasteiger partial charge on any atom is -0.462 e. The van der Waals surface area contributed by atoms with Gasteiger partial charge in [-0.05, 0) is 109 Å². The Balaban J connectivity index is 4.31. The maximum Gasteiger partial charge on any atom is 0.306 e. The van der Waals surface area contributed by atoms with Gasteiger partial charge in [0.05, 0.1) is 0 Å². The second kappa shape index (κ2) is 67.6. The van der Waals surface area contributed by atoms with Gasteiger partial charge in [-0.2, -0.15) is 0 Å². The summed E-state index contributed by atoms with van der Waals surface area (Å²) < 4.78 is 17.0. The van der Waals surface area contributed by atoms with Crippen molar-refractivity contribution in [3.05, 3.63) is 60.8 Å². The molecule has 1 atom stereocenters. The van der Waals surface area contributed by atoms with E-state index in [1.165, 1.54) is 244 Å². The van der Waals surface area contributed by atoms with E-state index < -0.39 is 6.10 Å². The molecule has 79 heavy (non-hydrogen) atoms. The fraction of sp³-hybridized carbons (Fsp3) is 0.822. The van der Waals surface area contributed by atoms with Gasteiger partial charge in [0.15, 0.2) is 6.10 Å². The molecular formula is C73H132O6. The molecule has 0 saturated heterocycles. The molecule has 0 aromatic heterocycles. The molecule has 0 aromatic carbocycles. The van der Waals surface area contributed by atoms with Crippen molar-refractivity contribution in [2.75, 3.05) is 13.2 Å². The van der Waals surface area contributed by atoms with Gasteiger partial charge in [0.2, 0.25) is 0 Å². The Morgan fingerprint density at radius 3 is 0.734 bits per heavy atom. The van der Waals surface area contributed by atoms with Crippen molar-refractivity contribution in [2.24, 2.45) is 0 Å². The second-order valence-corrected chi connectivity index (χ2v) is 23.4. The summed E-state index contributed by atoms with van der Waals surface area (Å²) in [6, 6.07) is 0. The van der Waals surface area contributed by atoms with Gasteiger partial charge in [-0.3, -0.25) is 14.4 Å². The predicted molar refractivity (Wildman–Crippen MR) is 344 cm³/mol. The van der Waals surface area contributed by atoms with Crippen molar-refractivity contribution in [3.63, 3.8) is 0 Å². The van der Waals surface area contributed by atoms with Gasteiger partial charge < -0.3 is 14.2 Å². The first kappa shape index (κ1) is 76.1. The van der Waals surface area contributed by atoms with Crippen molar-refractivity contribution in [2.45, 2.75) is 374 Å². The molecule has 0 fully saturated rings. The van der Waals surface area contributed by atoms with Crippen LogP contribution in [0.4, 0.5) is 0 Å². The molecule has 0 saturated carbocycles. The molecule has 0 bridgehead atoms. The van der Waals surface area contributed by atoms with E-state index in [-0.39, 0.29) is 31.1 Å². The first-order valence-corrected chi connectivity index (χ1v) is 34.8. The fourth-order valence-corrected chi connectivity index (χ4v) is 10.2. The van der Waals surface area contributed by atoms with Crippen molar-refractivity contribution in [1.29, 1.82) is 0 Å². The minimum atomic E-state index is -0.782. The number of rotatable bonds is 64. The molecule has 0 aliphatic carbocycles. The molecule has 0 aliphatic rings. The van der Waals surface area contributed by atoms with E-state index in [1.54, 1.807) is 0 Å². The maximum atomic E-state index is 12.9. The van der Waals surface area contributed by atoms with Crippen molar-refractivity contribution >= 4 is 17.9 Å². The van der Waals surface area contributed by atoms with Gasteiger partial charge >= 0.3 is 17.9 Å². The topological polar surface area (TPSA) is 78.9 Å². The average molecular weight is 1110 g/mol. The summed E-state index contributed by atoms with van der Waals surface area (Å²) >= 11 is 0. The molecular weight excluding hydrogens is 973 g/mol. The van der Waals surface area contributed by atoms with Crippen LogP contribution in [0.3, 0.4) is 0 Å². The molecule has 0 N–H and O–H groups in total. The van der Waals surface area contributed by atoms with Gasteiger partial charge in [-0.1, -0.05) is 300 Å². The van der Waals surface area contributed by atoms with Crippen LogP contribution in [-0.2, 0) is 28.6 Å². The van der Waals surface area contributed by atoms with Gasteiger partial charge in [0, 0.05) is 19.3 Å². The molecule has 0 aliphatic heterocycles. The van der Waals surface area contributed by atoms with E-state index in [4.69, 9.17) is 14.2 Å². The average Bonchev–Trinajstić information content (AvgIpc) is 3.45. The molecule has 0 amide bonds. The van der Waals surface area contributed by atoms with Crippen LogP contribution in [0.15, 0.2) is 60.8 Å². The number of carbonyl (C=O) groups is 3. The first-order valence-electron chi connectivity index (χ1n) is 34.8. The van der Waals surface area contributed by atoms with E-state index in [0.29, 0.717) is 19.3 Å². The van der Waals surface area contributed by atoms with E-state index in [9.17, 15) is 14.4 Å². The third-order valence-electron chi connectivity index (χ3n) is 15.5. The highest BCUT2D eigenvalue weighted by Crippen LogP contribution is 2.17. The lowest BCUT2D eigenvalue weighted by atomic mass is 10.0. The monoisotopic (exact) mass is 1110 g/mol. The third kappa shape index (κ3) is 65.8. The van der Waals surface area contributed by atoms with Crippen LogP contribution in [-0.4, -0.2) is 37.2 Å². The van der Waals surface area contributed by atoms with Crippen LogP contribution < -0.4 is 0 Å². The molecule has 0 radical (unpaired) electrons. The van der Waals surface area contributed by atoms with Crippen molar-refractivity contribution in [3.8, 4) is 0 Å². The molecule has 0 aromatic rings. The summed E-state index contributed by atoms with van der Waals surface area (Å²) in [5.74, 6) is -0.873. The summed E-state index contributed by atoms with van der Waals surface area (Å²) in [6.45, 7) is 6.64. The van der Waals surface area contributed by atoms with Gasteiger partial charge in [-0.15, -0.1) is 0 Å². The largest absolute Gasteiger partial charge is 0.462 e. The SMILES string of the molecule is CCCCC/C=C\C/C=C\CCCCCCCC(=O)OCC(COC(=O)CCCCCCCCCCCCCCC/C=C\C/C=C\CCCCCCC)OC(=O)CCCCCCCCCCC/C=C\CCCCCCCCCC. The summed E-state index contributed by atoms with van der Waals surface area (Å²) in [5, 5.41) is 0. The Morgan fingerprint density at radius 2 is 0.456 bits per heavy atom. The summed E-state index contributed by atoms with van der Waals surface area (Å²) in [5.41, 5.74) is 0. The number of hydrogen-bond donors (Lipinski definition) is 0. The molecule has 0 rings (SSSR count). The van der Waals surface area contributed by atoms with Crippen LogP contribution in [0.2, 0.25) is 0 Å². The number of esters is 3. The highest BCUT2D eigenvalue weighted by molar-refractivity contribution is 5.71.